The van der Waals surface area contributed by atoms with Crippen LogP contribution in [0.2, 0.25) is 0 Å². The lowest BCUT2D eigenvalue weighted by Gasteiger charge is -2.14. The van der Waals surface area contributed by atoms with Gasteiger partial charge in [-0.3, -0.25) is 4.79 Å². The maximum Gasteiger partial charge on any atom is 0.265 e. The summed E-state index contributed by atoms with van der Waals surface area (Å²) in [4.78, 5) is 12.4. The minimum Gasteiger partial charge on any atom is -0.480 e. The Labute approximate surface area is 131 Å². The third-order valence-corrected chi connectivity index (χ3v) is 4.08. The number of aryl methyl sites for hydroxylation is 1. The number of nitrogens with two attached hydrogens (primary N) is 1. The van der Waals surface area contributed by atoms with Crippen LogP contribution in [0.4, 0.5) is 11.4 Å². The topological polar surface area (TPSA) is 64.3 Å². The van der Waals surface area contributed by atoms with Gasteiger partial charge in [0.05, 0.1) is 11.4 Å². The largest absolute Gasteiger partial charge is 0.480 e. The summed E-state index contributed by atoms with van der Waals surface area (Å²) in [6.07, 6.45) is 0.0563. The van der Waals surface area contributed by atoms with Gasteiger partial charge in [-0.15, -0.1) is 0 Å². The van der Waals surface area contributed by atoms with Crippen molar-refractivity contribution in [3.05, 3.63) is 52.0 Å². The molecule has 0 saturated heterocycles. The molecule has 1 atom stereocenters. The average molecular weight is 347 g/mol. The molecule has 1 amide bonds. The minimum atomic E-state index is -0.519. The summed E-state index contributed by atoms with van der Waals surface area (Å²) in [5, 5.41) is 2.85. The molecule has 21 heavy (non-hydrogen) atoms. The molecule has 1 heterocycles. The van der Waals surface area contributed by atoms with Gasteiger partial charge in [-0.25, -0.2) is 0 Å². The third-order valence-electron chi connectivity index (χ3n) is 3.45. The van der Waals surface area contributed by atoms with Gasteiger partial charge >= 0.3 is 0 Å². The van der Waals surface area contributed by atoms with Gasteiger partial charge in [0.2, 0.25) is 0 Å². The Balaban J connectivity index is 1.77. The summed E-state index contributed by atoms with van der Waals surface area (Å²) < 4.78 is 6.44. The first kappa shape index (κ1) is 13.9. The summed E-state index contributed by atoms with van der Waals surface area (Å²) in [7, 11) is 0. The second-order valence-corrected chi connectivity index (χ2v) is 5.97. The second-order valence-electron chi connectivity index (χ2n) is 5.12. The van der Waals surface area contributed by atoms with Crippen LogP contribution in [0.15, 0.2) is 40.9 Å². The number of hydrogen-bond acceptors (Lipinski definition) is 3. The lowest BCUT2D eigenvalue weighted by Crippen LogP contribution is -2.31. The van der Waals surface area contributed by atoms with Crippen molar-refractivity contribution in [2.45, 2.75) is 19.4 Å². The molecule has 0 aliphatic carbocycles. The Kier molecular flexibility index (Phi) is 3.59. The molecule has 3 rings (SSSR count). The number of benzene rings is 2. The molecule has 0 saturated carbocycles. The van der Waals surface area contributed by atoms with Gasteiger partial charge < -0.3 is 15.8 Å². The molecule has 2 aromatic carbocycles. The van der Waals surface area contributed by atoms with Crippen LogP contribution >= 0.6 is 15.9 Å². The lowest BCUT2D eigenvalue weighted by molar-refractivity contribution is -0.122. The van der Waals surface area contributed by atoms with E-state index in [0.29, 0.717) is 17.8 Å². The van der Waals surface area contributed by atoms with Gasteiger partial charge in [0.15, 0.2) is 6.10 Å². The van der Waals surface area contributed by atoms with E-state index in [1.807, 2.05) is 43.3 Å². The fourth-order valence-electron chi connectivity index (χ4n) is 2.43. The zero-order valence-corrected chi connectivity index (χ0v) is 13.1. The molecular formula is C16H15BrN2O2. The number of rotatable bonds is 2. The van der Waals surface area contributed by atoms with Gasteiger partial charge in [-0.05, 0) is 52.2 Å². The Hall–Kier alpha value is -2.01. The average Bonchev–Trinajstić information content (AvgIpc) is 2.86. The lowest BCUT2D eigenvalue weighted by atomic mass is 10.1. The summed E-state index contributed by atoms with van der Waals surface area (Å²) in [6.45, 7) is 1.95. The van der Waals surface area contributed by atoms with Crippen molar-refractivity contribution in [1.29, 1.82) is 0 Å². The van der Waals surface area contributed by atoms with Crippen LogP contribution in [0, 0.1) is 6.92 Å². The van der Waals surface area contributed by atoms with Crippen LogP contribution in [0.5, 0.6) is 5.75 Å². The van der Waals surface area contributed by atoms with E-state index in [4.69, 9.17) is 10.5 Å². The van der Waals surface area contributed by atoms with E-state index in [-0.39, 0.29) is 5.91 Å². The van der Waals surface area contributed by atoms with Crippen LogP contribution in [0.1, 0.15) is 11.1 Å². The van der Waals surface area contributed by atoms with E-state index in [0.717, 1.165) is 21.3 Å². The zero-order chi connectivity index (χ0) is 15.0. The fraction of sp³-hybridized carbons (Fsp3) is 0.188. The number of fused-ring (bicyclic) bond motifs is 1. The molecule has 0 bridgehead atoms. The number of halogens is 1. The maximum absolute atomic E-state index is 12.4. The van der Waals surface area contributed by atoms with Gasteiger partial charge in [0, 0.05) is 10.9 Å². The molecule has 1 unspecified atom stereocenters. The predicted molar refractivity (Wildman–Crippen MR) is 86.5 cm³/mol. The number of carbonyl (C=O) groups excluding carboxylic acids is 1. The number of para-hydroxylation sites is 1. The van der Waals surface area contributed by atoms with Crippen molar-refractivity contribution in [3.63, 3.8) is 0 Å². The molecule has 0 aromatic heterocycles. The molecule has 5 heteroatoms. The molecular weight excluding hydrogens is 332 g/mol. The summed E-state index contributed by atoms with van der Waals surface area (Å²) in [5.74, 6) is 0.580. The maximum atomic E-state index is 12.4. The standard InChI is InChI=1S/C16H15BrN2O2/c1-9-6-11(17)15(12(18)7-9)19-16(20)14-8-10-4-2-3-5-13(10)21-14/h2-7,14H,8,18H2,1H3,(H,19,20). The number of anilines is 2. The molecule has 0 spiro atoms. The van der Waals surface area contributed by atoms with Crippen LogP contribution in [-0.2, 0) is 11.2 Å². The minimum absolute atomic E-state index is 0.192. The van der Waals surface area contributed by atoms with Crippen molar-refractivity contribution in [2.24, 2.45) is 0 Å². The first-order chi connectivity index (χ1) is 10.0. The monoisotopic (exact) mass is 346 g/mol. The SMILES string of the molecule is Cc1cc(N)c(NC(=O)C2Cc3ccccc3O2)c(Br)c1. The first-order valence-electron chi connectivity index (χ1n) is 6.65. The van der Waals surface area contributed by atoms with Crippen molar-refractivity contribution in [1.82, 2.24) is 0 Å². The van der Waals surface area contributed by atoms with Crippen LogP contribution in [0.3, 0.4) is 0 Å². The molecule has 4 nitrogen and oxygen atoms in total. The van der Waals surface area contributed by atoms with Crippen molar-refractivity contribution in [3.8, 4) is 5.75 Å². The summed E-state index contributed by atoms with van der Waals surface area (Å²) in [5.41, 5.74) is 9.17. The quantitative estimate of drug-likeness (QED) is 0.820. The number of amides is 1. The number of carbonyl (C=O) groups is 1. The number of nitrogens with one attached hydrogen (secondary N) is 1. The Morgan fingerprint density at radius 3 is 2.86 bits per heavy atom. The van der Waals surface area contributed by atoms with Gasteiger partial charge in [0.1, 0.15) is 5.75 Å². The highest BCUT2D eigenvalue weighted by atomic mass is 79.9. The Morgan fingerprint density at radius 1 is 1.38 bits per heavy atom. The third kappa shape index (κ3) is 2.74. The molecule has 1 aliphatic heterocycles. The van der Waals surface area contributed by atoms with Crippen molar-refractivity contribution < 1.29 is 9.53 Å². The smallest absolute Gasteiger partial charge is 0.265 e. The van der Waals surface area contributed by atoms with E-state index in [2.05, 4.69) is 21.2 Å². The second kappa shape index (κ2) is 5.41. The number of hydrogen-bond donors (Lipinski definition) is 2. The van der Waals surface area contributed by atoms with E-state index >= 15 is 0 Å². The number of nitrogen functional groups attached to an aromatic ring is 1. The first-order valence-corrected chi connectivity index (χ1v) is 7.45. The van der Waals surface area contributed by atoms with Gasteiger partial charge in [-0.2, -0.15) is 0 Å². The highest BCUT2D eigenvalue weighted by molar-refractivity contribution is 9.10. The van der Waals surface area contributed by atoms with E-state index in [1.165, 1.54) is 0 Å². The Morgan fingerprint density at radius 2 is 2.14 bits per heavy atom. The molecule has 0 radical (unpaired) electrons. The predicted octanol–water partition coefficient (Wildman–Crippen LogP) is 3.28. The van der Waals surface area contributed by atoms with Gasteiger partial charge in [-0.1, -0.05) is 18.2 Å². The van der Waals surface area contributed by atoms with Gasteiger partial charge in [0.25, 0.3) is 5.91 Å². The fourth-order valence-corrected chi connectivity index (χ4v) is 3.12. The normalized spacial score (nSPS) is 16.2. The van der Waals surface area contributed by atoms with Crippen LogP contribution in [-0.4, -0.2) is 12.0 Å². The van der Waals surface area contributed by atoms with Crippen molar-refractivity contribution in [2.75, 3.05) is 11.1 Å². The van der Waals surface area contributed by atoms with E-state index in [1.54, 1.807) is 0 Å². The summed E-state index contributed by atoms with van der Waals surface area (Å²) >= 11 is 3.43. The van der Waals surface area contributed by atoms with E-state index < -0.39 is 6.10 Å². The highest BCUT2D eigenvalue weighted by Gasteiger charge is 2.29. The highest BCUT2D eigenvalue weighted by Crippen LogP contribution is 2.32. The molecule has 3 N–H and O–H groups in total. The Bertz CT molecular complexity index is 667. The molecule has 108 valence electrons. The van der Waals surface area contributed by atoms with Crippen LogP contribution < -0.4 is 15.8 Å². The zero-order valence-electron chi connectivity index (χ0n) is 11.5. The van der Waals surface area contributed by atoms with Crippen molar-refractivity contribution >= 4 is 33.2 Å². The molecule has 1 aliphatic rings. The van der Waals surface area contributed by atoms with Crippen LogP contribution in [0.25, 0.3) is 0 Å². The van der Waals surface area contributed by atoms with E-state index in [9.17, 15) is 4.79 Å². The number of ether oxygens (including phenoxy) is 1. The molecule has 2 aromatic rings. The summed E-state index contributed by atoms with van der Waals surface area (Å²) in [6, 6.07) is 11.4. The molecule has 0 fully saturated rings.